The lowest BCUT2D eigenvalue weighted by Gasteiger charge is -2.21. The Morgan fingerprint density at radius 3 is 2.72 bits per heavy atom. The van der Waals surface area contributed by atoms with E-state index in [1.165, 1.54) is 11.1 Å². The van der Waals surface area contributed by atoms with Gasteiger partial charge in [0, 0.05) is 20.1 Å². The third-order valence-corrected chi connectivity index (χ3v) is 2.93. The number of benzene rings is 1. The molecule has 4 heteroatoms. The molecule has 1 rings (SSSR count). The average Bonchev–Trinajstić information content (AvgIpc) is 2.37. The van der Waals surface area contributed by atoms with E-state index in [0.717, 1.165) is 31.9 Å². The van der Waals surface area contributed by atoms with Crippen LogP contribution in [0.25, 0.3) is 0 Å². The predicted octanol–water partition coefficient (Wildman–Crippen LogP) is 2.05. The van der Waals surface area contributed by atoms with Crippen LogP contribution in [-0.2, 0) is 6.54 Å². The highest BCUT2D eigenvalue weighted by molar-refractivity contribution is 5.79. The summed E-state index contributed by atoms with van der Waals surface area (Å²) in [6.07, 6.45) is 2.23. The van der Waals surface area contributed by atoms with Crippen molar-refractivity contribution in [1.29, 1.82) is 0 Å². The topological polar surface area (TPSA) is 53.6 Å². The quantitative estimate of drug-likeness (QED) is 0.276. The van der Waals surface area contributed by atoms with Crippen LogP contribution < -0.4 is 11.3 Å². The molecule has 3 N–H and O–H groups in total. The molecule has 100 valence electrons. The van der Waals surface area contributed by atoms with Gasteiger partial charge in [-0.2, -0.15) is 0 Å². The van der Waals surface area contributed by atoms with Gasteiger partial charge in [-0.15, -0.1) is 0 Å². The second-order valence-electron chi connectivity index (χ2n) is 4.49. The molecule has 0 fully saturated rings. The molecule has 0 bridgehead atoms. The number of hydrazine groups is 1. The van der Waals surface area contributed by atoms with Crippen molar-refractivity contribution in [3.63, 3.8) is 0 Å². The number of hydrogen-bond acceptors (Lipinski definition) is 2. The van der Waals surface area contributed by atoms with Crippen LogP contribution in [0, 0.1) is 6.92 Å². The summed E-state index contributed by atoms with van der Waals surface area (Å²) in [5.41, 5.74) is 5.25. The summed E-state index contributed by atoms with van der Waals surface area (Å²) < 4.78 is 0. The molecule has 0 atom stereocenters. The largest absolute Gasteiger partial charge is 0.341 e. The van der Waals surface area contributed by atoms with E-state index < -0.39 is 0 Å². The summed E-state index contributed by atoms with van der Waals surface area (Å²) >= 11 is 0. The molecule has 0 heterocycles. The van der Waals surface area contributed by atoms with Crippen molar-refractivity contribution in [3.8, 4) is 0 Å². The molecule has 0 amide bonds. The van der Waals surface area contributed by atoms with Crippen LogP contribution >= 0.6 is 0 Å². The van der Waals surface area contributed by atoms with E-state index in [4.69, 9.17) is 5.84 Å². The first-order valence-corrected chi connectivity index (χ1v) is 6.45. The molecule has 1 aromatic carbocycles. The SMILES string of the molecule is CCCCN=C(NN)N(C)Cc1ccccc1C. The van der Waals surface area contributed by atoms with Crippen LogP contribution in [0.5, 0.6) is 0 Å². The van der Waals surface area contributed by atoms with Gasteiger partial charge >= 0.3 is 0 Å². The van der Waals surface area contributed by atoms with Crippen molar-refractivity contribution in [2.75, 3.05) is 13.6 Å². The zero-order valence-corrected chi connectivity index (χ0v) is 11.6. The lowest BCUT2D eigenvalue weighted by Crippen LogP contribution is -2.42. The van der Waals surface area contributed by atoms with Crippen LogP contribution in [0.15, 0.2) is 29.3 Å². The first kappa shape index (κ1) is 14.5. The summed E-state index contributed by atoms with van der Waals surface area (Å²) in [5.74, 6) is 6.27. The first-order valence-electron chi connectivity index (χ1n) is 6.45. The Bertz CT molecular complexity index is 387. The highest BCUT2D eigenvalue weighted by Crippen LogP contribution is 2.09. The van der Waals surface area contributed by atoms with Gasteiger partial charge in [-0.05, 0) is 24.5 Å². The molecule has 0 saturated heterocycles. The summed E-state index contributed by atoms with van der Waals surface area (Å²) in [6.45, 7) is 5.89. The molecule has 0 saturated carbocycles. The molecule has 0 aliphatic heterocycles. The first-order chi connectivity index (χ1) is 8.69. The van der Waals surface area contributed by atoms with Crippen molar-refractivity contribution in [2.24, 2.45) is 10.8 Å². The Morgan fingerprint density at radius 2 is 2.11 bits per heavy atom. The Labute approximate surface area is 110 Å². The molecular formula is C14H24N4. The number of hydrogen-bond donors (Lipinski definition) is 2. The predicted molar refractivity (Wildman–Crippen MR) is 77.2 cm³/mol. The molecule has 0 aliphatic carbocycles. The summed E-state index contributed by atoms with van der Waals surface area (Å²) in [4.78, 5) is 6.50. The third kappa shape index (κ3) is 4.37. The zero-order valence-electron chi connectivity index (χ0n) is 11.6. The summed E-state index contributed by atoms with van der Waals surface area (Å²) in [6, 6.07) is 8.36. The fourth-order valence-electron chi connectivity index (χ4n) is 1.74. The van der Waals surface area contributed by atoms with Crippen molar-refractivity contribution in [3.05, 3.63) is 35.4 Å². The molecule has 0 spiro atoms. The van der Waals surface area contributed by atoms with Gasteiger partial charge in [0.2, 0.25) is 5.96 Å². The molecular weight excluding hydrogens is 224 g/mol. The normalized spacial score (nSPS) is 11.4. The van der Waals surface area contributed by atoms with Crippen molar-refractivity contribution < 1.29 is 0 Å². The summed E-state index contributed by atoms with van der Waals surface area (Å²) in [7, 11) is 2.00. The van der Waals surface area contributed by atoms with Crippen molar-refractivity contribution in [2.45, 2.75) is 33.2 Å². The molecule has 0 radical (unpaired) electrons. The zero-order chi connectivity index (χ0) is 13.4. The van der Waals surface area contributed by atoms with Gasteiger partial charge in [0.15, 0.2) is 0 Å². The third-order valence-electron chi connectivity index (χ3n) is 2.93. The van der Waals surface area contributed by atoms with Gasteiger partial charge < -0.3 is 4.90 Å². The number of rotatable bonds is 5. The molecule has 18 heavy (non-hydrogen) atoms. The minimum absolute atomic E-state index is 0.742. The van der Waals surface area contributed by atoms with Crippen LogP contribution in [0.4, 0.5) is 0 Å². The number of aryl methyl sites for hydroxylation is 1. The Hall–Kier alpha value is -1.55. The van der Waals surface area contributed by atoms with Gasteiger partial charge in [-0.3, -0.25) is 10.4 Å². The Morgan fingerprint density at radius 1 is 1.39 bits per heavy atom. The van der Waals surface area contributed by atoms with Crippen LogP contribution in [-0.4, -0.2) is 24.5 Å². The number of nitrogens with two attached hydrogens (primary N) is 1. The maximum atomic E-state index is 5.53. The fraction of sp³-hybridized carbons (Fsp3) is 0.500. The van der Waals surface area contributed by atoms with E-state index in [9.17, 15) is 0 Å². The van der Waals surface area contributed by atoms with E-state index in [1.807, 2.05) is 11.9 Å². The number of nitrogens with zero attached hydrogens (tertiary/aromatic N) is 2. The van der Waals surface area contributed by atoms with Gasteiger partial charge in [-0.1, -0.05) is 37.6 Å². The van der Waals surface area contributed by atoms with Gasteiger partial charge in [0.25, 0.3) is 0 Å². The van der Waals surface area contributed by atoms with Crippen molar-refractivity contribution in [1.82, 2.24) is 10.3 Å². The molecule has 0 unspecified atom stereocenters. The van der Waals surface area contributed by atoms with Gasteiger partial charge in [-0.25, -0.2) is 5.84 Å². The number of aliphatic imine (C=N–C) groups is 1. The van der Waals surface area contributed by atoms with E-state index in [0.29, 0.717) is 0 Å². The number of nitrogens with one attached hydrogen (secondary N) is 1. The van der Waals surface area contributed by atoms with Crippen LogP contribution in [0.3, 0.4) is 0 Å². The molecule has 4 nitrogen and oxygen atoms in total. The minimum atomic E-state index is 0.742. The Kier molecular flexibility index (Phi) is 6.22. The maximum Gasteiger partial charge on any atom is 0.208 e. The van der Waals surface area contributed by atoms with E-state index in [1.54, 1.807) is 0 Å². The Balaban J connectivity index is 2.65. The second-order valence-corrected chi connectivity index (χ2v) is 4.49. The summed E-state index contributed by atoms with van der Waals surface area (Å²) in [5, 5.41) is 0. The minimum Gasteiger partial charge on any atom is -0.341 e. The maximum absolute atomic E-state index is 5.53. The van der Waals surface area contributed by atoms with Gasteiger partial charge in [0.05, 0.1) is 0 Å². The molecule has 0 aromatic heterocycles. The van der Waals surface area contributed by atoms with E-state index in [2.05, 4.69) is 48.5 Å². The van der Waals surface area contributed by atoms with Crippen LogP contribution in [0.1, 0.15) is 30.9 Å². The van der Waals surface area contributed by atoms with Crippen molar-refractivity contribution >= 4 is 5.96 Å². The average molecular weight is 248 g/mol. The lowest BCUT2D eigenvalue weighted by molar-refractivity contribution is 0.475. The highest BCUT2D eigenvalue weighted by atomic mass is 15.4. The standard InChI is InChI=1S/C14H24N4/c1-4-5-10-16-14(17-15)18(3)11-13-9-7-6-8-12(13)2/h6-9H,4-5,10-11,15H2,1-3H3,(H,16,17). The smallest absolute Gasteiger partial charge is 0.208 e. The monoisotopic (exact) mass is 248 g/mol. The molecule has 1 aromatic rings. The fourth-order valence-corrected chi connectivity index (χ4v) is 1.74. The second kappa shape index (κ2) is 7.71. The van der Waals surface area contributed by atoms with Crippen LogP contribution in [0.2, 0.25) is 0 Å². The number of unbranched alkanes of at least 4 members (excludes halogenated alkanes) is 1. The number of guanidine groups is 1. The lowest BCUT2D eigenvalue weighted by atomic mass is 10.1. The van der Waals surface area contributed by atoms with E-state index >= 15 is 0 Å². The van der Waals surface area contributed by atoms with E-state index in [-0.39, 0.29) is 0 Å². The van der Waals surface area contributed by atoms with Gasteiger partial charge in [0.1, 0.15) is 0 Å². The highest BCUT2D eigenvalue weighted by Gasteiger charge is 2.06. The molecule has 0 aliphatic rings.